The van der Waals surface area contributed by atoms with Gasteiger partial charge in [0.1, 0.15) is 0 Å². The van der Waals surface area contributed by atoms with Gasteiger partial charge in [-0.15, -0.1) is 0 Å². The Morgan fingerprint density at radius 2 is 1.70 bits per heavy atom. The van der Waals surface area contributed by atoms with Gasteiger partial charge < -0.3 is 15.3 Å². The van der Waals surface area contributed by atoms with E-state index in [1.54, 1.807) is 4.90 Å². The van der Waals surface area contributed by atoms with E-state index in [4.69, 9.17) is 5.11 Å². The lowest BCUT2D eigenvalue weighted by Crippen LogP contribution is -2.49. The summed E-state index contributed by atoms with van der Waals surface area (Å²) in [6.07, 6.45) is 7.12. The van der Waals surface area contributed by atoms with Gasteiger partial charge >= 0.3 is 12.0 Å². The summed E-state index contributed by atoms with van der Waals surface area (Å²) in [7, 11) is 0. The number of piperidine rings is 1. The maximum absolute atomic E-state index is 12.3. The summed E-state index contributed by atoms with van der Waals surface area (Å²) in [5.74, 6) is -0.476. The largest absolute Gasteiger partial charge is 0.481 e. The van der Waals surface area contributed by atoms with E-state index in [0.29, 0.717) is 31.8 Å². The molecule has 0 aromatic heterocycles. The van der Waals surface area contributed by atoms with E-state index in [1.807, 2.05) is 0 Å². The van der Waals surface area contributed by atoms with Crippen molar-refractivity contribution in [2.75, 3.05) is 13.1 Å². The number of hydrogen-bond acceptors (Lipinski definition) is 2. The molecule has 114 valence electrons. The zero-order valence-electron chi connectivity index (χ0n) is 12.3. The van der Waals surface area contributed by atoms with E-state index in [0.717, 1.165) is 6.42 Å². The van der Waals surface area contributed by atoms with Gasteiger partial charge in [0, 0.05) is 19.1 Å². The summed E-state index contributed by atoms with van der Waals surface area (Å²) in [5.41, 5.74) is 0. The fraction of sp³-hybridized carbons (Fsp3) is 0.867. The summed E-state index contributed by atoms with van der Waals surface area (Å²) in [6.45, 7) is 3.33. The van der Waals surface area contributed by atoms with Crippen LogP contribution in [0, 0.1) is 11.8 Å². The first-order valence-electron chi connectivity index (χ1n) is 7.86. The van der Waals surface area contributed by atoms with Gasteiger partial charge in [-0.3, -0.25) is 4.79 Å². The van der Waals surface area contributed by atoms with Crippen LogP contribution in [0.1, 0.15) is 51.9 Å². The average Bonchev–Trinajstić information content (AvgIpc) is 2.64. The van der Waals surface area contributed by atoms with Crippen LogP contribution in [0.15, 0.2) is 0 Å². The van der Waals surface area contributed by atoms with Crippen LogP contribution in [-0.4, -0.2) is 41.1 Å². The van der Waals surface area contributed by atoms with E-state index >= 15 is 0 Å². The highest BCUT2D eigenvalue weighted by Gasteiger charge is 2.29. The second kappa shape index (κ2) is 6.95. The maximum atomic E-state index is 12.3. The minimum Gasteiger partial charge on any atom is -0.481 e. The monoisotopic (exact) mass is 282 g/mol. The van der Waals surface area contributed by atoms with E-state index in [9.17, 15) is 9.59 Å². The molecule has 2 rings (SSSR count). The van der Waals surface area contributed by atoms with Crippen molar-refractivity contribution in [3.05, 3.63) is 0 Å². The van der Waals surface area contributed by atoms with Crippen LogP contribution in [0.3, 0.4) is 0 Å². The molecule has 1 saturated carbocycles. The molecule has 0 aromatic carbocycles. The lowest BCUT2D eigenvalue weighted by molar-refractivity contribution is -0.143. The van der Waals surface area contributed by atoms with Crippen LogP contribution in [0.4, 0.5) is 4.79 Å². The number of aliphatic carboxylic acids is 1. The topological polar surface area (TPSA) is 69.6 Å². The first-order valence-corrected chi connectivity index (χ1v) is 7.86. The Balaban J connectivity index is 1.81. The van der Waals surface area contributed by atoms with Crippen molar-refractivity contribution in [2.45, 2.75) is 57.9 Å². The van der Waals surface area contributed by atoms with Crippen molar-refractivity contribution in [1.29, 1.82) is 0 Å². The van der Waals surface area contributed by atoms with Gasteiger partial charge in [0.15, 0.2) is 0 Å². The Morgan fingerprint density at radius 3 is 2.35 bits per heavy atom. The van der Waals surface area contributed by atoms with Crippen molar-refractivity contribution < 1.29 is 14.7 Å². The third kappa shape index (κ3) is 3.87. The molecule has 1 aliphatic carbocycles. The smallest absolute Gasteiger partial charge is 0.317 e. The molecule has 5 heteroatoms. The molecule has 1 saturated heterocycles. The van der Waals surface area contributed by atoms with Crippen molar-refractivity contribution >= 4 is 12.0 Å². The second-order valence-corrected chi connectivity index (χ2v) is 6.27. The van der Waals surface area contributed by atoms with E-state index in [1.165, 1.54) is 25.7 Å². The number of hydrogen-bond donors (Lipinski definition) is 2. The lowest BCUT2D eigenvalue weighted by atomic mass is 9.96. The molecule has 1 aliphatic heterocycles. The Kier molecular flexibility index (Phi) is 5.26. The molecular formula is C15H26N2O3. The second-order valence-electron chi connectivity index (χ2n) is 6.27. The van der Waals surface area contributed by atoms with Gasteiger partial charge in [0.25, 0.3) is 0 Å². The standard InChI is InChI=1S/C15H26N2O3/c1-11-5-3-2-4-6-13(11)16-15(20)17-9-7-12(8-10-17)14(18)19/h11-13H,2-10H2,1H3,(H,16,20)(H,18,19). The van der Waals surface area contributed by atoms with E-state index in [-0.39, 0.29) is 18.0 Å². The van der Waals surface area contributed by atoms with Crippen LogP contribution in [0.25, 0.3) is 0 Å². The van der Waals surface area contributed by atoms with Gasteiger partial charge in [-0.05, 0) is 31.6 Å². The molecule has 0 radical (unpaired) electrons. The van der Waals surface area contributed by atoms with Crippen LogP contribution in [-0.2, 0) is 4.79 Å². The van der Waals surface area contributed by atoms with Crippen LogP contribution < -0.4 is 5.32 Å². The number of amides is 2. The summed E-state index contributed by atoms with van der Waals surface area (Å²) in [5, 5.41) is 12.1. The molecule has 2 N–H and O–H groups in total. The van der Waals surface area contributed by atoms with Crippen LogP contribution >= 0.6 is 0 Å². The number of nitrogens with zero attached hydrogens (tertiary/aromatic N) is 1. The number of carbonyl (C=O) groups is 2. The Hall–Kier alpha value is -1.26. The quantitative estimate of drug-likeness (QED) is 0.764. The SMILES string of the molecule is CC1CCCCCC1NC(=O)N1CCC(C(=O)O)CC1. The van der Waals surface area contributed by atoms with Crippen molar-refractivity contribution in [3.8, 4) is 0 Å². The number of carboxylic acids is 1. The minimum atomic E-state index is -0.734. The van der Waals surface area contributed by atoms with Gasteiger partial charge in [-0.2, -0.15) is 0 Å². The molecule has 2 amide bonds. The number of nitrogens with one attached hydrogen (secondary N) is 1. The Bertz CT molecular complexity index is 351. The molecule has 2 atom stereocenters. The predicted molar refractivity (Wildman–Crippen MR) is 76.5 cm³/mol. The number of likely N-dealkylation sites (tertiary alicyclic amines) is 1. The number of carboxylic acid groups (broad SMARTS) is 1. The van der Waals surface area contributed by atoms with E-state index < -0.39 is 5.97 Å². The average molecular weight is 282 g/mol. The molecule has 2 aliphatic rings. The zero-order valence-corrected chi connectivity index (χ0v) is 12.3. The van der Waals surface area contributed by atoms with E-state index in [2.05, 4.69) is 12.2 Å². The fourth-order valence-electron chi connectivity index (χ4n) is 3.29. The van der Waals surface area contributed by atoms with Crippen molar-refractivity contribution in [2.24, 2.45) is 11.8 Å². The fourth-order valence-corrected chi connectivity index (χ4v) is 3.29. The van der Waals surface area contributed by atoms with Crippen molar-refractivity contribution in [1.82, 2.24) is 10.2 Å². The molecule has 5 nitrogen and oxygen atoms in total. The third-order valence-corrected chi connectivity index (χ3v) is 4.80. The summed E-state index contributed by atoms with van der Waals surface area (Å²) < 4.78 is 0. The van der Waals surface area contributed by atoms with Gasteiger partial charge in [-0.1, -0.05) is 26.2 Å². The Morgan fingerprint density at radius 1 is 1.05 bits per heavy atom. The molecular weight excluding hydrogens is 256 g/mol. The molecule has 20 heavy (non-hydrogen) atoms. The number of urea groups is 1. The van der Waals surface area contributed by atoms with Crippen LogP contribution in [0.2, 0.25) is 0 Å². The maximum Gasteiger partial charge on any atom is 0.317 e. The zero-order chi connectivity index (χ0) is 14.5. The molecule has 2 unspecified atom stereocenters. The van der Waals surface area contributed by atoms with Gasteiger partial charge in [-0.25, -0.2) is 4.79 Å². The lowest BCUT2D eigenvalue weighted by Gasteiger charge is -2.32. The van der Waals surface area contributed by atoms with Gasteiger partial charge in [0.2, 0.25) is 0 Å². The summed E-state index contributed by atoms with van der Waals surface area (Å²) in [4.78, 5) is 25.0. The Labute approximate surface area is 120 Å². The summed E-state index contributed by atoms with van der Waals surface area (Å²) >= 11 is 0. The highest BCUT2D eigenvalue weighted by atomic mass is 16.4. The normalized spacial score (nSPS) is 28.8. The summed E-state index contributed by atoms with van der Waals surface area (Å²) in [6, 6.07) is 0.273. The molecule has 1 heterocycles. The highest BCUT2D eigenvalue weighted by Crippen LogP contribution is 2.24. The van der Waals surface area contributed by atoms with Crippen molar-refractivity contribution in [3.63, 3.8) is 0 Å². The predicted octanol–water partition coefficient (Wildman–Crippen LogP) is 2.46. The van der Waals surface area contributed by atoms with Crippen LogP contribution in [0.5, 0.6) is 0 Å². The first kappa shape index (κ1) is 15.1. The highest BCUT2D eigenvalue weighted by molar-refractivity contribution is 5.75. The molecule has 0 aromatic rings. The first-order chi connectivity index (χ1) is 9.58. The minimum absolute atomic E-state index is 0.00686. The van der Waals surface area contributed by atoms with Gasteiger partial charge in [0.05, 0.1) is 5.92 Å². The molecule has 2 fully saturated rings. The number of carbonyl (C=O) groups excluding carboxylic acids is 1. The molecule has 0 spiro atoms. The molecule has 0 bridgehead atoms. The third-order valence-electron chi connectivity index (χ3n) is 4.80. The number of rotatable bonds is 2.